The molecule has 0 fully saturated rings. The van der Waals surface area contributed by atoms with Crippen LogP contribution in [-0.4, -0.2) is 17.3 Å². The number of carbonyl (C=O) groups is 1. The highest BCUT2D eigenvalue weighted by atomic mass is 19.4. The smallest absolute Gasteiger partial charge is 0.389 e. The van der Waals surface area contributed by atoms with Crippen LogP contribution in [-0.2, 0) is 11.3 Å². The van der Waals surface area contributed by atoms with Crippen molar-refractivity contribution in [1.82, 2.24) is 10.3 Å². The molecule has 0 aromatic carbocycles. The Morgan fingerprint density at radius 1 is 1.33 bits per heavy atom. The van der Waals surface area contributed by atoms with E-state index in [2.05, 4.69) is 15.0 Å². The molecule has 0 radical (unpaired) electrons. The fraction of sp³-hybridized carbons (Fsp3) is 0.538. The molecule has 0 aliphatic carbocycles. The summed E-state index contributed by atoms with van der Waals surface area (Å²) in [7, 11) is 0. The van der Waals surface area contributed by atoms with Crippen molar-refractivity contribution in [2.75, 3.05) is 0 Å². The molecule has 0 spiro atoms. The second-order valence-corrected chi connectivity index (χ2v) is 5.60. The molecular formula is C13H17F3N2O3. The van der Waals surface area contributed by atoms with E-state index >= 15 is 0 Å². The average molecular weight is 306 g/mol. The van der Waals surface area contributed by atoms with E-state index in [9.17, 15) is 22.8 Å². The Morgan fingerprint density at radius 3 is 2.38 bits per heavy atom. The predicted molar refractivity (Wildman–Crippen MR) is 69.8 cm³/mol. The standard InChI is InChI=1S/C13H17F3N2O3/c1-7-5-9(19)8(6-17-11(20)12(2,3)4)10(18-7)21-13(14,15)16/h5H,6H2,1-4H3,(H,17,20)(H,18,19). The van der Waals surface area contributed by atoms with Crippen molar-refractivity contribution in [3.63, 3.8) is 0 Å². The summed E-state index contributed by atoms with van der Waals surface area (Å²) in [6.07, 6.45) is -4.93. The maximum absolute atomic E-state index is 12.3. The molecule has 118 valence electrons. The number of amides is 1. The number of rotatable bonds is 3. The summed E-state index contributed by atoms with van der Waals surface area (Å²) in [4.78, 5) is 25.9. The van der Waals surface area contributed by atoms with Gasteiger partial charge >= 0.3 is 6.36 Å². The fourth-order valence-corrected chi connectivity index (χ4v) is 1.49. The molecule has 1 aromatic rings. The van der Waals surface area contributed by atoms with Gasteiger partial charge in [-0.15, -0.1) is 13.2 Å². The lowest BCUT2D eigenvalue weighted by molar-refractivity contribution is -0.276. The number of hydrogen-bond acceptors (Lipinski definition) is 3. The molecule has 0 saturated carbocycles. The van der Waals surface area contributed by atoms with Gasteiger partial charge in [-0.3, -0.25) is 9.59 Å². The van der Waals surface area contributed by atoms with Crippen LogP contribution >= 0.6 is 0 Å². The van der Waals surface area contributed by atoms with E-state index in [0.717, 1.165) is 6.07 Å². The molecular weight excluding hydrogens is 289 g/mol. The zero-order valence-electron chi connectivity index (χ0n) is 12.1. The zero-order valence-corrected chi connectivity index (χ0v) is 12.1. The van der Waals surface area contributed by atoms with Gasteiger partial charge in [-0.25, -0.2) is 0 Å². The quantitative estimate of drug-likeness (QED) is 0.899. The van der Waals surface area contributed by atoms with Crippen LogP contribution in [0.2, 0.25) is 0 Å². The first kappa shape index (κ1) is 17.1. The highest BCUT2D eigenvalue weighted by molar-refractivity contribution is 5.81. The minimum atomic E-state index is -4.93. The number of aromatic amines is 1. The van der Waals surface area contributed by atoms with Crippen molar-refractivity contribution < 1.29 is 22.7 Å². The maximum Gasteiger partial charge on any atom is 0.574 e. The highest BCUT2D eigenvalue weighted by Crippen LogP contribution is 2.23. The maximum atomic E-state index is 12.3. The number of hydrogen-bond donors (Lipinski definition) is 2. The molecule has 0 atom stereocenters. The third kappa shape index (κ3) is 5.13. The third-order valence-electron chi connectivity index (χ3n) is 2.55. The van der Waals surface area contributed by atoms with Gasteiger partial charge in [0.25, 0.3) is 0 Å². The van der Waals surface area contributed by atoms with Crippen molar-refractivity contribution in [3.05, 3.63) is 27.5 Å². The molecule has 0 aliphatic rings. The topological polar surface area (TPSA) is 71.2 Å². The molecule has 1 heterocycles. The number of carbonyl (C=O) groups excluding carboxylic acids is 1. The van der Waals surface area contributed by atoms with Crippen LogP contribution in [0.25, 0.3) is 0 Å². The summed E-state index contributed by atoms with van der Waals surface area (Å²) in [5.41, 5.74) is -1.41. The lowest BCUT2D eigenvalue weighted by Crippen LogP contribution is -2.36. The Morgan fingerprint density at radius 2 is 1.90 bits per heavy atom. The minimum Gasteiger partial charge on any atom is -0.389 e. The summed E-state index contributed by atoms with van der Waals surface area (Å²) in [5.74, 6) is -1.10. The van der Waals surface area contributed by atoms with E-state index in [0.29, 0.717) is 0 Å². The average Bonchev–Trinajstić information content (AvgIpc) is 2.23. The molecule has 5 nitrogen and oxygen atoms in total. The molecule has 0 unspecified atom stereocenters. The van der Waals surface area contributed by atoms with Crippen molar-refractivity contribution in [3.8, 4) is 5.88 Å². The van der Waals surface area contributed by atoms with Crippen LogP contribution in [0.15, 0.2) is 10.9 Å². The first-order valence-electron chi connectivity index (χ1n) is 6.17. The first-order chi connectivity index (χ1) is 9.40. The van der Waals surface area contributed by atoms with Gasteiger partial charge < -0.3 is 15.0 Å². The molecule has 0 saturated heterocycles. The molecule has 1 rings (SSSR count). The number of aromatic nitrogens is 1. The number of ether oxygens (including phenoxy) is 1. The SMILES string of the molecule is Cc1cc(=O)c(CNC(=O)C(C)(C)C)c(OC(F)(F)F)[nH]1. The lowest BCUT2D eigenvalue weighted by Gasteiger charge is -2.18. The zero-order chi connectivity index (χ0) is 16.4. The van der Waals surface area contributed by atoms with Gasteiger partial charge in [0.1, 0.15) is 0 Å². The van der Waals surface area contributed by atoms with E-state index in [1.165, 1.54) is 6.92 Å². The van der Waals surface area contributed by atoms with Crippen LogP contribution in [0, 0.1) is 12.3 Å². The number of aryl methyl sites for hydroxylation is 1. The van der Waals surface area contributed by atoms with E-state index < -0.39 is 23.1 Å². The third-order valence-corrected chi connectivity index (χ3v) is 2.55. The number of halogens is 3. The van der Waals surface area contributed by atoms with Crippen LogP contribution in [0.5, 0.6) is 5.88 Å². The van der Waals surface area contributed by atoms with Gasteiger partial charge in [0, 0.05) is 17.2 Å². The van der Waals surface area contributed by atoms with Crippen LogP contribution < -0.4 is 15.5 Å². The molecule has 1 aromatic heterocycles. The second kappa shape index (κ2) is 5.79. The molecule has 2 N–H and O–H groups in total. The Kier molecular flexibility index (Phi) is 4.70. The highest BCUT2D eigenvalue weighted by Gasteiger charge is 2.33. The van der Waals surface area contributed by atoms with E-state index in [1.807, 2.05) is 0 Å². The summed E-state index contributed by atoms with van der Waals surface area (Å²) in [6.45, 7) is 6.03. The van der Waals surface area contributed by atoms with Gasteiger partial charge in [0.15, 0.2) is 5.43 Å². The summed E-state index contributed by atoms with van der Waals surface area (Å²) >= 11 is 0. The molecule has 8 heteroatoms. The lowest BCUT2D eigenvalue weighted by atomic mass is 9.95. The minimum absolute atomic E-state index is 0.227. The Labute approximate surface area is 119 Å². The Balaban J connectivity index is 3.06. The predicted octanol–water partition coefficient (Wildman–Crippen LogP) is 2.24. The van der Waals surface area contributed by atoms with Crippen LogP contribution in [0.1, 0.15) is 32.0 Å². The monoisotopic (exact) mass is 306 g/mol. The van der Waals surface area contributed by atoms with Crippen LogP contribution in [0.4, 0.5) is 13.2 Å². The largest absolute Gasteiger partial charge is 0.574 e. The summed E-state index contributed by atoms with van der Waals surface area (Å²) in [5, 5.41) is 2.42. The number of alkyl halides is 3. The number of pyridine rings is 1. The van der Waals surface area contributed by atoms with Crippen molar-refractivity contribution in [2.45, 2.75) is 40.6 Å². The first-order valence-corrected chi connectivity index (χ1v) is 6.17. The van der Waals surface area contributed by atoms with E-state index in [4.69, 9.17) is 0 Å². The van der Waals surface area contributed by atoms with Gasteiger partial charge in [-0.05, 0) is 6.92 Å². The van der Waals surface area contributed by atoms with E-state index in [1.54, 1.807) is 20.8 Å². The molecule has 0 bridgehead atoms. The van der Waals surface area contributed by atoms with Crippen molar-refractivity contribution in [2.24, 2.45) is 5.41 Å². The Bertz CT molecular complexity index is 586. The molecule has 0 aliphatic heterocycles. The number of nitrogens with one attached hydrogen (secondary N) is 2. The Hall–Kier alpha value is -1.99. The van der Waals surface area contributed by atoms with Gasteiger partial charge in [-0.1, -0.05) is 20.8 Å². The molecule has 1 amide bonds. The van der Waals surface area contributed by atoms with Crippen molar-refractivity contribution in [1.29, 1.82) is 0 Å². The van der Waals surface area contributed by atoms with Gasteiger partial charge in [0.2, 0.25) is 11.8 Å². The van der Waals surface area contributed by atoms with Crippen molar-refractivity contribution >= 4 is 5.91 Å². The summed E-state index contributed by atoms with van der Waals surface area (Å²) < 4.78 is 40.8. The normalized spacial score (nSPS) is 12.1. The van der Waals surface area contributed by atoms with E-state index in [-0.39, 0.29) is 23.7 Å². The number of H-pyrrole nitrogens is 1. The van der Waals surface area contributed by atoms with Gasteiger partial charge in [-0.2, -0.15) is 0 Å². The van der Waals surface area contributed by atoms with Crippen LogP contribution in [0.3, 0.4) is 0 Å². The fourth-order valence-electron chi connectivity index (χ4n) is 1.49. The van der Waals surface area contributed by atoms with Gasteiger partial charge in [0.05, 0.1) is 12.1 Å². The molecule has 21 heavy (non-hydrogen) atoms. The second-order valence-electron chi connectivity index (χ2n) is 5.60. The summed E-state index contributed by atoms with van der Waals surface area (Å²) in [6, 6.07) is 1.14.